The van der Waals surface area contributed by atoms with Crippen LogP contribution in [-0.4, -0.2) is 26.2 Å². The normalized spacial score (nSPS) is 23.9. The molecule has 1 saturated heterocycles. The highest BCUT2D eigenvalue weighted by Gasteiger charge is 2.30. The summed E-state index contributed by atoms with van der Waals surface area (Å²) in [5.74, 6) is 0. The third-order valence-electron chi connectivity index (χ3n) is 3.83. The molecule has 3 nitrogen and oxygen atoms in total. The molecule has 0 saturated carbocycles. The molecule has 0 spiro atoms. The molecule has 1 atom stereocenters. The van der Waals surface area contributed by atoms with Gasteiger partial charge in [-0.2, -0.15) is 0 Å². The first-order valence-electron chi connectivity index (χ1n) is 6.13. The van der Waals surface area contributed by atoms with Gasteiger partial charge in [-0.3, -0.25) is 0 Å². The molecular weight excluding hydrogens is 198 g/mol. The summed E-state index contributed by atoms with van der Waals surface area (Å²) in [6, 6.07) is 6.96. The maximum atomic E-state index is 5.90. The number of nitrogens with two attached hydrogens (primary N) is 1. The zero-order valence-electron chi connectivity index (χ0n) is 9.82. The van der Waals surface area contributed by atoms with Crippen LogP contribution in [0.4, 0.5) is 17.1 Å². The number of anilines is 3. The second-order valence-electron chi connectivity index (χ2n) is 4.97. The number of nitrogens with zero attached hydrogens (tertiary/aromatic N) is 2. The second kappa shape index (κ2) is 3.58. The Kier molecular flexibility index (Phi) is 2.20. The summed E-state index contributed by atoms with van der Waals surface area (Å²) in [4.78, 5) is 4.91. The van der Waals surface area contributed by atoms with E-state index in [1.807, 2.05) is 6.07 Å². The van der Waals surface area contributed by atoms with Crippen molar-refractivity contribution >= 4 is 17.1 Å². The zero-order valence-corrected chi connectivity index (χ0v) is 9.82. The summed E-state index contributed by atoms with van der Waals surface area (Å²) >= 11 is 0. The predicted octanol–water partition coefficient (Wildman–Crippen LogP) is 2.08. The van der Waals surface area contributed by atoms with Crippen molar-refractivity contribution in [3.8, 4) is 0 Å². The van der Waals surface area contributed by atoms with E-state index in [1.54, 1.807) is 0 Å². The molecule has 2 aliphatic heterocycles. The van der Waals surface area contributed by atoms with E-state index in [1.165, 1.54) is 37.2 Å². The summed E-state index contributed by atoms with van der Waals surface area (Å²) < 4.78 is 0. The van der Waals surface area contributed by atoms with Crippen LogP contribution in [0.3, 0.4) is 0 Å². The van der Waals surface area contributed by atoms with E-state index in [0.717, 1.165) is 12.2 Å². The number of benzene rings is 1. The molecule has 2 heterocycles. The van der Waals surface area contributed by atoms with Crippen LogP contribution in [0, 0.1) is 0 Å². The highest BCUT2D eigenvalue weighted by molar-refractivity contribution is 5.77. The Labute approximate surface area is 96.8 Å². The molecule has 86 valence electrons. The van der Waals surface area contributed by atoms with Crippen LogP contribution in [0.25, 0.3) is 0 Å². The Balaban J connectivity index is 2.05. The SMILES string of the molecule is CN1CC2CCCCN2c2cc(N)ccc21. The number of hydrogen-bond acceptors (Lipinski definition) is 3. The molecule has 0 aromatic heterocycles. The first-order chi connectivity index (χ1) is 7.75. The lowest BCUT2D eigenvalue weighted by molar-refractivity contribution is 0.450. The first-order valence-corrected chi connectivity index (χ1v) is 6.13. The lowest BCUT2D eigenvalue weighted by Gasteiger charge is -2.46. The van der Waals surface area contributed by atoms with E-state index < -0.39 is 0 Å². The average molecular weight is 217 g/mol. The molecule has 3 heteroatoms. The molecule has 0 aliphatic carbocycles. The number of likely N-dealkylation sites (N-methyl/N-ethyl adjacent to an activating group) is 1. The van der Waals surface area contributed by atoms with E-state index >= 15 is 0 Å². The van der Waals surface area contributed by atoms with Crippen molar-refractivity contribution in [1.29, 1.82) is 0 Å². The molecule has 1 fully saturated rings. The minimum atomic E-state index is 0.688. The summed E-state index contributed by atoms with van der Waals surface area (Å²) in [6.07, 6.45) is 4.00. The van der Waals surface area contributed by atoms with Crippen molar-refractivity contribution in [1.82, 2.24) is 0 Å². The van der Waals surface area contributed by atoms with Gasteiger partial charge in [0, 0.05) is 31.9 Å². The van der Waals surface area contributed by atoms with Gasteiger partial charge in [-0.25, -0.2) is 0 Å². The minimum Gasteiger partial charge on any atom is -0.399 e. The summed E-state index contributed by atoms with van der Waals surface area (Å²) in [7, 11) is 2.18. The number of piperidine rings is 1. The largest absolute Gasteiger partial charge is 0.399 e. The number of nitrogen functional groups attached to an aromatic ring is 1. The van der Waals surface area contributed by atoms with Gasteiger partial charge < -0.3 is 15.5 Å². The van der Waals surface area contributed by atoms with E-state index in [-0.39, 0.29) is 0 Å². The Morgan fingerprint density at radius 2 is 2.12 bits per heavy atom. The molecule has 0 radical (unpaired) electrons. The fourth-order valence-corrected chi connectivity index (χ4v) is 3.02. The first kappa shape index (κ1) is 9.82. The van der Waals surface area contributed by atoms with Gasteiger partial charge in [0.1, 0.15) is 0 Å². The van der Waals surface area contributed by atoms with Gasteiger partial charge in [-0.05, 0) is 37.5 Å². The Hall–Kier alpha value is -1.38. The quantitative estimate of drug-likeness (QED) is 0.675. The number of fused-ring (bicyclic) bond motifs is 3. The van der Waals surface area contributed by atoms with Crippen LogP contribution in [0.1, 0.15) is 19.3 Å². The van der Waals surface area contributed by atoms with Gasteiger partial charge in [0.25, 0.3) is 0 Å². The van der Waals surface area contributed by atoms with E-state index in [2.05, 4.69) is 29.0 Å². The molecule has 2 aliphatic rings. The maximum Gasteiger partial charge on any atom is 0.0627 e. The smallest absolute Gasteiger partial charge is 0.0627 e. The predicted molar refractivity (Wildman–Crippen MR) is 69.1 cm³/mol. The van der Waals surface area contributed by atoms with Crippen LogP contribution < -0.4 is 15.5 Å². The number of hydrogen-bond donors (Lipinski definition) is 1. The number of rotatable bonds is 0. The molecule has 2 N–H and O–H groups in total. The molecule has 16 heavy (non-hydrogen) atoms. The Morgan fingerprint density at radius 1 is 1.25 bits per heavy atom. The van der Waals surface area contributed by atoms with Gasteiger partial charge in [-0.15, -0.1) is 0 Å². The molecule has 1 unspecified atom stereocenters. The molecule has 0 amide bonds. The van der Waals surface area contributed by atoms with Gasteiger partial charge in [-0.1, -0.05) is 0 Å². The van der Waals surface area contributed by atoms with E-state index in [4.69, 9.17) is 5.73 Å². The van der Waals surface area contributed by atoms with Crippen molar-refractivity contribution in [2.75, 3.05) is 35.7 Å². The van der Waals surface area contributed by atoms with Gasteiger partial charge in [0.2, 0.25) is 0 Å². The van der Waals surface area contributed by atoms with Crippen molar-refractivity contribution < 1.29 is 0 Å². The van der Waals surface area contributed by atoms with Gasteiger partial charge in [0.05, 0.1) is 11.4 Å². The third-order valence-corrected chi connectivity index (χ3v) is 3.83. The van der Waals surface area contributed by atoms with Crippen LogP contribution in [0.2, 0.25) is 0 Å². The summed E-state index contributed by atoms with van der Waals surface area (Å²) in [5, 5.41) is 0. The van der Waals surface area contributed by atoms with Crippen molar-refractivity contribution in [3.05, 3.63) is 18.2 Å². The summed E-state index contributed by atoms with van der Waals surface area (Å²) in [5.41, 5.74) is 9.44. The van der Waals surface area contributed by atoms with Gasteiger partial charge in [0.15, 0.2) is 0 Å². The van der Waals surface area contributed by atoms with Gasteiger partial charge >= 0.3 is 0 Å². The Bertz CT molecular complexity index is 402. The van der Waals surface area contributed by atoms with E-state index in [9.17, 15) is 0 Å². The average Bonchev–Trinajstić information content (AvgIpc) is 2.29. The topological polar surface area (TPSA) is 32.5 Å². The zero-order chi connectivity index (χ0) is 11.1. The van der Waals surface area contributed by atoms with E-state index in [0.29, 0.717) is 6.04 Å². The monoisotopic (exact) mass is 217 g/mol. The second-order valence-corrected chi connectivity index (χ2v) is 4.97. The minimum absolute atomic E-state index is 0.688. The lowest BCUT2D eigenvalue weighted by atomic mass is 9.97. The highest BCUT2D eigenvalue weighted by atomic mass is 15.3. The van der Waals surface area contributed by atoms with Crippen LogP contribution in [0.5, 0.6) is 0 Å². The lowest BCUT2D eigenvalue weighted by Crippen LogP contribution is -2.50. The molecule has 1 aromatic carbocycles. The standard InChI is InChI=1S/C13H19N3/c1-15-9-11-4-2-3-7-16(11)13-8-10(14)5-6-12(13)15/h5-6,8,11H,2-4,7,9,14H2,1H3. The fraction of sp³-hybridized carbons (Fsp3) is 0.538. The van der Waals surface area contributed by atoms with Crippen molar-refractivity contribution in [3.63, 3.8) is 0 Å². The molecular formula is C13H19N3. The van der Waals surface area contributed by atoms with Crippen molar-refractivity contribution in [2.24, 2.45) is 0 Å². The van der Waals surface area contributed by atoms with Crippen molar-refractivity contribution in [2.45, 2.75) is 25.3 Å². The molecule has 3 rings (SSSR count). The van der Waals surface area contributed by atoms with Crippen LogP contribution >= 0.6 is 0 Å². The van der Waals surface area contributed by atoms with Crippen LogP contribution in [0.15, 0.2) is 18.2 Å². The fourth-order valence-electron chi connectivity index (χ4n) is 3.02. The molecule has 0 bridgehead atoms. The Morgan fingerprint density at radius 3 is 3.00 bits per heavy atom. The summed E-state index contributed by atoms with van der Waals surface area (Å²) in [6.45, 7) is 2.34. The third kappa shape index (κ3) is 1.42. The van der Waals surface area contributed by atoms with Crippen LogP contribution in [-0.2, 0) is 0 Å². The highest BCUT2D eigenvalue weighted by Crippen LogP contribution is 2.38. The molecule has 1 aromatic rings. The maximum absolute atomic E-state index is 5.90.